The van der Waals surface area contributed by atoms with Crippen LogP contribution < -0.4 is 0 Å². The van der Waals surface area contributed by atoms with Gasteiger partial charge in [-0.05, 0) is 30.2 Å². The van der Waals surface area contributed by atoms with Crippen molar-refractivity contribution in [3.8, 4) is 11.1 Å². The highest BCUT2D eigenvalue weighted by Crippen LogP contribution is 2.21. The number of aryl methyl sites for hydroxylation is 1. The minimum Gasteiger partial charge on any atom is -0.0683 e. The van der Waals surface area contributed by atoms with Crippen molar-refractivity contribution in [2.45, 2.75) is 20.8 Å². The molecule has 0 amide bonds. The van der Waals surface area contributed by atoms with E-state index in [0.717, 1.165) is 4.47 Å². The second kappa shape index (κ2) is 6.49. The summed E-state index contributed by atoms with van der Waals surface area (Å²) in [5, 5.41) is 0. The quantitative estimate of drug-likeness (QED) is 0.650. The molecule has 2 aromatic carbocycles. The summed E-state index contributed by atoms with van der Waals surface area (Å²) in [6.07, 6.45) is 0. The largest absolute Gasteiger partial charge is 0.0683 e. The summed E-state index contributed by atoms with van der Waals surface area (Å²) < 4.78 is 1.12. The van der Waals surface area contributed by atoms with Crippen molar-refractivity contribution in [2.75, 3.05) is 0 Å². The van der Waals surface area contributed by atoms with Gasteiger partial charge in [-0.2, -0.15) is 0 Å². The fourth-order valence-corrected chi connectivity index (χ4v) is 1.65. The van der Waals surface area contributed by atoms with E-state index in [9.17, 15) is 0 Å². The summed E-state index contributed by atoms with van der Waals surface area (Å²) in [6, 6.07) is 16.9. The highest BCUT2D eigenvalue weighted by atomic mass is 79.9. The van der Waals surface area contributed by atoms with Crippen molar-refractivity contribution < 1.29 is 0 Å². The fourth-order valence-electron chi connectivity index (χ4n) is 1.39. The molecule has 0 atom stereocenters. The predicted octanol–water partition coefficient (Wildman–Crippen LogP) is 5.45. The molecule has 0 aromatic heterocycles. The number of halogens is 1. The van der Waals surface area contributed by atoms with E-state index >= 15 is 0 Å². The Balaban J connectivity index is 0.000000606. The van der Waals surface area contributed by atoms with Gasteiger partial charge >= 0.3 is 0 Å². The van der Waals surface area contributed by atoms with Crippen LogP contribution >= 0.6 is 15.9 Å². The summed E-state index contributed by atoms with van der Waals surface area (Å²) >= 11 is 3.43. The topological polar surface area (TPSA) is 0 Å². The molecule has 0 fully saturated rings. The summed E-state index contributed by atoms with van der Waals surface area (Å²) in [5.41, 5.74) is 3.82. The molecule has 0 spiro atoms. The molecular formula is C15H17Br. The first-order valence-electron chi connectivity index (χ1n) is 5.58. The molecule has 0 aliphatic rings. The van der Waals surface area contributed by atoms with E-state index in [-0.39, 0.29) is 0 Å². The van der Waals surface area contributed by atoms with Crippen LogP contribution in [0.4, 0.5) is 0 Å². The first-order chi connectivity index (χ1) is 7.75. The van der Waals surface area contributed by atoms with Crippen molar-refractivity contribution in [1.29, 1.82) is 0 Å². The maximum absolute atomic E-state index is 3.43. The predicted molar refractivity (Wildman–Crippen MR) is 75.7 cm³/mol. The number of hydrogen-bond donors (Lipinski definition) is 0. The molecule has 84 valence electrons. The van der Waals surface area contributed by atoms with E-state index in [0.29, 0.717) is 0 Å². The molecule has 0 unspecified atom stereocenters. The molecule has 0 N–H and O–H groups in total. The van der Waals surface area contributed by atoms with Gasteiger partial charge in [0.2, 0.25) is 0 Å². The number of benzene rings is 2. The smallest absolute Gasteiger partial charge is 0.0175 e. The zero-order chi connectivity index (χ0) is 12.0. The van der Waals surface area contributed by atoms with Crippen LogP contribution in [0.15, 0.2) is 53.0 Å². The van der Waals surface area contributed by atoms with Gasteiger partial charge in [0.05, 0.1) is 0 Å². The molecule has 0 aliphatic heterocycles. The van der Waals surface area contributed by atoms with Crippen LogP contribution in [0, 0.1) is 6.92 Å². The Bertz CT molecular complexity index is 369. The maximum Gasteiger partial charge on any atom is 0.0175 e. The number of rotatable bonds is 1. The fraction of sp³-hybridized carbons (Fsp3) is 0.200. The van der Waals surface area contributed by atoms with Crippen molar-refractivity contribution in [3.63, 3.8) is 0 Å². The van der Waals surface area contributed by atoms with Crippen LogP contribution in [0.1, 0.15) is 19.4 Å². The van der Waals surface area contributed by atoms with Gasteiger partial charge in [-0.3, -0.25) is 0 Å². The van der Waals surface area contributed by atoms with Gasteiger partial charge < -0.3 is 0 Å². The van der Waals surface area contributed by atoms with E-state index in [1.165, 1.54) is 16.7 Å². The van der Waals surface area contributed by atoms with Crippen molar-refractivity contribution in [2.24, 2.45) is 0 Å². The third-order valence-corrected chi connectivity index (χ3v) is 2.76. The SMILES string of the molecule is CC.Cc1ccc(-c2ccc(Br)cc2)cc1. The van der Waals surface area contributed by atoms with Gasteiger partial charge in [-0.15, -0.1) is 0 Å². The minimum atomic E-state index is 1.12. The van der Waals surface area contributed by atoms with Crippen LogP contribution in [-0.2, 0) is 0 Å². The number of hydrogen-bond acceptors (Lipinski definition) is 0. The van der Waals surface area contributed by atoms with E-state index in [4.69, 9.17) is 0 Å². The van der Waals surface area contributed by atoms with Gasteiger partial charge in [-0.25, -0.2) is 0 Å². The molecule has 0 radical (unpaired) electrons. The van der Waals surface area contributed by atoms with E-state index in [1.807, 2.05) is 13.8 Å². The lowest BCUT2D eigenvalue weighted by Gasteiger charge is -2.01. The summed E-state index contributed by atoms with van der Waals surface area (Å²) in [4.78, 5) is 0. The summed E-state index contributed by atoms with van der Waals surface area (Å²) in [6.45, 7) is 6.10. The van der Waals surface area contributed by atoms with Crippen molar-refractivity contribution in [3.05, 3.63) is 58.6 Å². The monoisotopic (exact) mass is 276 g/mol. The Morgan fingerprint density at radius 2 is 1.06 bits per heavy atom. The molecule has 1 heteroatoms. The van der Waals surface area contributed by atoms with E-state index in [2.05, 4.69) is 71.4 Å². The van der Waals surface area contributed by atoms with Crippen LogP contribution in [-0.4, -0.2) is 0 Å². The zero-order valence-corrected chi connectivity index (χ0v) is 11.6. The molecule has 0 saturated heterocycles. The van der Waals surface area contributed by atoms with Crippen LogP contribution in [0.25, 0.3) is 11.1 Å². The highest BCUT2D eigenvalue weighted by molar-refractivity contribution is 9.10. The Kier molecular flexibility index (Phi) is 5.27. The average Bonchev–Trinajstić information content (AvgIpc) is 2.34. The summed E-state index contributed by atoms with van der Waals surface area (Å²) in [5.74, 6) is 0. The van der Waals surface area contributed by atoms with Gasteiger partial charge in [-0.1, -0.05) is 71.7 Å². The summed E-state index contributed by atoms with van der Waals surface area (Å²) in [7, 11) is 0. The Morgan fingerprint density at radius 1 is 0.688 bits per heavy atom. The van der Waals surface area contributed by atoms with Gasteiger partial charge in [0.15, 0.2) is 0 Å². The molecule has 0 aliphatic carbocycles. The molecule has 2 rings (SSSR count). The van der Waals surface area contributed by atoms with Crippen molar-refractivity contribution >= 4 is 15.9 Å². The van der Waals surface area contributed by atoms with Crippen LogP contribution in [0.3, 0.4) is 0 Å². The first-order valence-corrected chi connectivity index (χ1v) is 6.37. The van der Waals surface area contributed by atoms with Gasteiger partial charge in [0, 0.05) is 4.47 Å². The molecule has 0 heterocycles. The molecule has 0 saturated carbocycles. The Morgan fingerprint density at radius 3 is 1.50 bits per heavy atom. The van der Waals surface area contributed by atoms with Crippen LogP contribution in [0.2, 0.25) is 0 Å². The lowest BCUT2D eigenvalue weighted by Crippen LogP contribution is -1.77. The van der Waals surface area contributed by atoms with E-state index < -0.39 is 0 Å². The standard InChI is InChI=1S/C13H11Br.C2H6/c1-10-2-4-11(5-3-10)12-6-8-13(14)9-7-12;1-2/h2-9H,1H3;1-2H3. The highest BCUT2D eigenvalue weighted by Gasteiger charge is 1.95. The third-order valence-electron chi connectivity index (χ3n) is 2.23. The second-order valence-electron chi connectivity index (χ2n) is 3.37. The van der Waals surface area contributed by atoms with Crippen molar-refractivity contribution in [1.82, 2.24) is 0 Å². The average molecular weight is 277 g/mol. The molecular weight excluding hydrogens is 260 g/mol. The minimum absolute atomic E-state index is 1.12. The molecule has 0 bridgehead atoms. The maximum atomic E-state index is 3.43. The molecule has 0 nitrogen and oxygen atoms in total. The lowest BCUT2D eigenvalue weighted by atomic mass is 10.0. The zero-order valence-electron chi connectivity index (χ0n) is 10.00. The lowest BCUT2D eigenvalue weighted by molar-refractivity contribution is 1.47. The van der Waals surface area contributed by atoms with E-state index in [1.54, 1.807) is 0 Å². The first kappa shape index (κ1) is 13.0. The van der Waals surface area contributed by atoms with Crippen LogP contribution in [0.5, 0.6) is 0 Å². The molecule has 2 aromatic rings. The Hall–Kier alpha value is -1.08. The Labute approximate surface area is 106 Å². The second-order valence-corrected chi connectivity index (χ2v) is 4.29. The third kappa shape index (κ3) is 3.49. The van der Waals surface area contributed by atoms with Gasteiger partial charge in [0.1, 0.15) is 0 Å². The normalized spacial score (nSPS) is 9.25. The molecule has 16 heavy (non-hydrogen) atoms. The van der Waals surface area contributed by atoms with Gasteiger partial charge in [0.25, 0.3) is 0 Å².